The molecule has 0 aromatic rings. The minimum absolute atomic E-state index is 0.151. The third-order valence-electron chi connectivity index (χ3n) is 2.77. The molecule has 13 heavy (non-hydrogen) atoms. The van der Waals surface area contributed by atoms with E-state index in [1.165, 1.54) is 4.90 Å². The molecule has 5 nitrogen and oxygen atoms in total. The molecule has 1 heterocycles. The smallest absolute Gasteiger partial charge is 0.407 e. The largest absolute Gasteiger partial charge is 0.465 e. The Hall–Kier alpha value is -0.810. The van der Waals surface area contributed by atoms with Crippen LogP contribution in [0.15, 0.2) is 0 Å². The first-order chi connectivity index (χ1) is 6.02. The van der Waals surface area contributed by atoms with Crippen LogP contribution in [-0.2, 0) is 4.74 Å². The van der Waals surface area contributed by atoms with Gasteiger partial charge < -0.3 is 20.5 Å². The van der Waals surface area contributed by atoms with Crippen molar-refractivity contribution < 1.29 is 14.6 Å². The van der Waals surface area contributed by atoms with Crippen molar-refractivity contribution in [3.05, 3.63) is 0 Å². The van der Waals surface area contributed by atoms with E-state index in [4.69, 9.17) is 15.6 Å². The maximum absolute atomic E-state index is 10.7. The van der Waals surface area contributed by atoms with E-state index in [-0.39, 0.29) is 6.04 Å². The molecule has 0 spiro atoms. The summed E-state index contributed by atoms with van der Waals surface area (Å²) in [6, 6.07) is -0.151. The number of hydrogen-bond donors (Lipinski definition) is 2. The lowest BCUT2D eigenvalue weighted by atomic mass is 9.95. The van der Waals surface area contributed by atoms with Crippen molar-refractivity contribution >= 4 is 6.09 Å². The fraction of sp³-hybridized carbons (Fsp3) is 0.875. The van der Waals surface area contributed by atoms with Crippen LogP contribution < -0.4 is 5.73 Å². The summed E-state index contributed by atoms with van der Waals surface area (Å²) in [6.07, 6.45) is -0.229. The van der Waals surface area contributed by atoms with Crippen LogP contribution in [0.5, 0.6) is 0 Å². The van der Waals surface area contributed by atoms with Crippen LogP contribution in [0.1, 0.15) is 13.3 Å². The first-order valence-electron chi connectivity index (χ1n) is 4.30. The number of likely N-dealkylation sites (tertiary alicyclic amines) is 1. The summed E-state index contributed by atoms with van der Waals surface area (Å²) >= 11 is 0. The molecule has 76 valence electrons. The van der Waals surface area contributed by atoms with E-state index in [2.05, 4.69) is 0 Å². The lowest BCUT2D eigenvalue weighted by Crippen LogP contribution is -2.50. The molecule has 1 aliphatic heterocycles. The van der Waals surface area contributed by atoms with Crippen molar-refractivity contribution in [3.8, 4) is 0 Å². The highest BCUT2D eigenvalue weighted by atomic mass is 16.5. The predicted octanol–water partition coefficient (Wildman–Crippen LogP) is 0.102. The van der Waals surface area contributed by atoms with Crippen molar-refractivity contribution in [2.45, 2.75) is 25.0 Å². The van der Waals surface area contributed by atoms with E-state index >= 15 is 0 Å². The standard InChI is InChI=1S/C8H16N2O3/c1-6(9)8(13-2)3-4-10(5-8)7(11)12/h6H,3-5,9H2,1-2H3,(H,11,12). The number of carbonyl (C=O) groups is 1. The van der Waals surface area contributed by atoms with Crippen LogP contribution in [0.4, 0.5) is 4.79 Å². The third kappa shape index (κ3) is 1.76. The highest BCUT2D eigenvalue weighted by Gasteiger charge is 2.43. The second-order valence-corrected chi connectivity index (χ2v) is 3.51. The second kappa shape index (κ2) is 3.51. The number of nitrogens with zero attached hydrogens (tertiary/aromatic N) is 1. The van der Waals surface area contributed by atoms with Crippen LogP contribution in [0.25, 0.3) is 0 Å². The number of methoxy groups -OCH3 is 1. The maximum atomic E-state index is 10.7. The van der Waals surface area contributed by atoms with E-state index < -0.39 is 11.7 Å². The van der Waals surface area contributed by atoms with Crippen molar-refractivity contribution in [1.82, 2.24) is 4.90 Å². The minimum Gasteiger partial charge on any atom is -0.465 e. The Balaban J connectivity index is 2.68. The SMILES string of the molecule is COC1(C(C)N)CCN(C(=O)O)C1. The Kier molecular flexibility index (Phi) is 2.77. The molecule has 2 unspecified atom stereocenters. The summed E-state index contributed by atoms with van der Waals surface area (Å²) in [6.45, 7) is 2.72. The predicted molar refractivity (Wildman–Crippen MR) is 47.6 cm³/mol. The number of ether oxygens (including phenoxy) is 1. The molecule has 3 N–H and O–H groups in total. The zero-order valence-electron chi connectivity index (χ0n) is 7.99. The lowest BCUT2D eigenvalue weighted by molar-refractivity contribution is -0.0168. The minimum atomic E-state index is -0.903. The first-order valence-corrected chi connectivity index (χ1v) is 4.30. The molecule has 0 bridgehead atoms. The zero-order chi connectivity index (χ0) is 10.1. The van der Waals surface area contributed by atoms with Crippen LogP contribution in [0.3, 0.4) is 0 Å². The number of carboxylic acid groups (broad SMARTS) is 1. The van der Waals surface area contributed by atoms with Gasteiger partial charge in [0.05, 0.1) is 6.54 Å². The second-order valence-electron chi connectivity index (χ2n) is 3.51. The molecule has 1 fully saturated rings. The Bertz CT molecular complexity index is 208. The van der Waals surface area contributed by atoms with Gasteiger partial charge in [-0.1, -0.05) is 0 Å². The molecule has 0 aromatic carbocycles. The fourth-order valence-corrected chi connectivity index (χ4v) is 1.69. The van der Waals surface area contributed by atoms with Gasteiger partial charge in [0.1, 0.15) is 5.60 Å². The molecule has 2 atom stereocenters. The van der Waals surface area contributed by atoms with Gasteiger partial charge in [-0.2, -0.15) is 0 Å². The summed E-state index contributed by atoms with van der Waals surface area (Å²) in [5.41, 5.74) is 5.27. The molecule has 0 radical (unpaired) electrons. The van der Waals surface area contributed by atoms with E-state index in [0.29, 0.717) is 19.5 Å². The quantitative estimate of drug-likeness (QED) is 0.644. The van der Waals surface area contributed by atoms with Gasteiger partial charge in [-0.15, -0.1) is 0 Å². The van der Waals surface area contributed by atoms with E-state index in [0.717, 1.165) is 0 Å². The van der Waals surface area contributed by atoms with Gasteiger partial charge in [0.2, 0.25) is 0 Å². The van der Waals surface area contributed by atoms with E-state index in [9.17, 15) is 4.79 Å². The van der Waals surface area contributed by atoms with Crippen LogP contribution in [0, 0.1) is 0 Å². The molecule has 0 aromatic heterocycles. The van der Waals surface area contributed by atoms with Crippen molar-refractivity contribution in [2.75, 3.05) is 20.2 Å². The van der Waals surface area contributed by atoms with Gasteiger partial charge >= 0.3 is 6.09 Å². The lowest BCUT2D eigenvalue weighted by Gasteiger charge is -2.31. The normalized spacial score (nSPS) is 30.5. The Morgan fingerprint density at radius 1 is 1.77 bits per heavy atom. The van der Waals surface area contributed by atoms with Crippen molar-refractivity contribution in [3.63, 3.8) is 0 Å². The summed E-state index contributed by atoms with van der Waals surface area (Å²) in [7, 11) is 1.58. The number of nitrogens with two attached hydrogens (primary N) is 1. The van der Waals surface area contributed by atoms with Crippen molar-refractivity contribution in [2.24, 2.45) is 5.73 Å². The molecule has 1 rings (SSSR count). The van der Waals surface area contributed by atoms with Crippen LogP contribution in [0.2, 0.25) is 0 Å². The highest BCUT2D eigenvalue weighted by Crippen LogP contribution is 2.27. The molecule has 1 saturated heterocycles. The van der Waals surface area contributed by atoms with Crippen molar-refractivity contribution in [1.29, 1.82) is 0 Å². The molecule has 0 saturated carbocycles. The monoisotopic (exact) mass is 188 g/mol. The van der Waals surface area contributed by atoms with Gasteiger partial charge in [-0.3, -0.25) is 0 Å². The highest BCUT2D eigenvalue weighted by molar-refractivity contribution is 5.65. The third-order valence-corrected chi connectivity index (χ3v) is 2.77. The van der Waals surface area contributed by atoms with Gasteiger partial charge in [-0.05, 0) is 13.3 Å². The summed E-state index contributed by atoms with van der Waals surface area (Å²) in [5.74, 6) is 0. The Morgan fingerprint density at radius 3 is 2.62 bits per heavy atom. The number of hydrogen-bond acceptors (Lipinski definition) is 3. The average Bonchev–Trinajstić information content (AvgIpc) is 2.49. The maximum Gasteiger partial charge on any atom is 0.407 e. The number of rotatable bonds is 2. The summed E-state index contributed by atoms with van der Waals surface area (Å²) in [4.78, 5) is 12.0. The topological polar surface area (TPSA) is 75.8 Å². The van der Waals surface area contributed by atoms with Crippen LogP contribution in [-0.4, -0.2) is 47.9 Å². The first kappa shape index (κ1) is 10.3. The summed E-state index contributed by atoms with van der Waals surface area (Å²) in [5, 5.41) is 8.75. The Morgan fingerprint density at radius 2 is 2.38 bits per heavy atom. The molecule has 5 heteroatoms. The van der Waals surface area contributed by atoms with Crippen LogP contribution >= 0.6 is 0 Å². The van der Waals surface area contributed by atoms with E-state index in [1.807, 2.05) is 6.92 Å². The zero-order valence-corrected chi connectivity index (χ0v) is 7.99. The van der Waals surface area contributed by atoms with Gasteiger partial charge in [0.15, 0.2) is 0 Å². The molecular weight excluding hydrogens is 172 g/mol. The molecule has 1 amide bonds. The Labute approximate surface area is 77.5 Å². The molecule has 0 aliphatic carbocycles. The number of amides is 1. The average molecular weight is 188 g/mol. The van der Waals surface area contributed by atoms with Gasteiger partial charge in [0.25, 0.3) is 0 Å². The fourth-order valence-electron chi connectivity index (χ4n) is 1.69. The summed E-state index contributed by atoms with van der Waals surface area (Å²) < 4.78 is 5.31. The van der Waals surface area contributed by atoms with Gasteiger partial charge in [0, 0.05) is 19.7 Å². The van der Waals surface area contributed by atoms with Gasteiger partial charge in [-0.25, -0.2) is 4.79 Å². The van der Waals surface area contributed by atoms with E-state index in [1.54, 1.807) is 7.11 Å². The molecular formula is C8H16N2O3. The molecule has 1 aliphatic rings.